The minimum atomic E-state index is 0.267. The summed E-state index contributed by atoms with van der Waals surface area (Å²) >= 11 is 6.05. The highest BCUT2D eigenvalue weighted by Gasteiger charge is 2.14. The first-order valence-corrected chi connectivity index (χ1v) is 5.02. The highest BCUT2D eigenvalue weighted by Crippen LogP contribution is 2.33. The van der Waals surface area contributed by atoms with E-state index in [1.807, 2.05) is 19.1 Å². The average molecular weight is 214 g/mol. The molecule has 1 aromatic rings. The van der Waals surface area contributed by atoms with Crippen molar-refractivity contribution >= 4 is 11.6 Å². The summed E-state index contributed by atoms with van der Waals surface area (Å²) in [6.45, 7) is 4.66. The lowest BCUT2D eigenvalue weighted by Crippen LogP contribution is -2.11. The highest BCUT2D eigenvalue weighted by atomic mass is 35.5. The standard InChI is InChI=1S/C11H16ClNO/c1-7(6-13)11-8(2)9(12)4-5-10(11)14-3/h4-5,7H,6,13H2,1-3H3. The molecule has 0 fully saturated rings. The third-order valence-corrected chi connectivity index (χ3v) is 2.88. The second-order valence-corrected chi connectivity index (χ2v) is 3.83. The molecular weight excluding hydrogens is 198 g/mol. The number of methoxy groups -OCH3 is 1. The van der Waals surface area contributed by atoms with E-state index in [1.165, 1.54) is 0 Å². The van der Waals surface area contributed by atoms with Gasteiger partial charge in [0.1, 0.15) is 5.75 Å². The van der Waals surface area contributed by atoms with Gasteiger partial charge in [0.25, 0.3) is 0 Å². The van der Waals surface area contributed by atoms with Crippen molar-refractivity contribution in [2.75, 3.05) is 13.7 Å². The Balaban J connectivity index is 3.27. The summed E-state index contributed by atoms with van der Waals surface area (Å²) in [5, 5.41) is 0.765. The van der Waals surface area contributed by atoms with Crippen molar-refractivity contribution in [3.05, 3.63) is 28.3 Å². The Hall–Kier alpha value is -0.730. The highest BCUT2D eigenvalue weighted by molar-refractivity contribution is 6.31. The molecular formula is C11H16ClNO. The Kier molecular flexibility index (Phi) is 3.78. The molecule has 2 N–H and O–H groups in total. The fraction of sp³-hybridized carbons (Fsp3) is 0.455. The molecule has 1 unspecified atom stereocenters. The quantitative estimate of drug-likeness (QED) is 0.838. The van der Waals surface area contributed by atoms with Crippen LogP contribution in [-0.2, 0) is 0 Å². The van der Waals surface area contributed by atoms with Gasteiger partial charge in [-0.25, -0.2) is 0 Å². The summed E-state index contributed by atoms with van der Waals surface area (Å²) in [5.41, 5.74) is 7.82. The van der Waals surface area contributed by atoms with Gasteiger partial charge in [-0.3, -0.25) is 0 Å². The van der Waals surface area contributed by atoms with Gasteiger partial charge in [0.2, 0.25) is 0 Å². The van der Waals surface area contributed by atoms with E-state index >= 15 is 0 Å². The molecule has 2 nitrogen and oxygen atoms in total. The molecule has 0 spiro atoms. The summed E-state index contributed by atoms with van der Waals surface area (Å²) in [4.78, 5) is 0. The normalized spacial score (nSPS) is 12.6. The average Bonchev–Trinajstić information content (AvgIpc) is 2.20. The number of hydrogen-bond donors (Lipinski definition) is 1. The van der Waals surface area contributed by atoms with Crippen LogP contribution in [0.4, 0.5) is 0 Å². The Labute approximate surface area is 90.0 Å². The topological polar surface area (TPSA) is 35.2 Å². The minimum absolute atomic E-state index is 0.267. The summed E-state index contributed by atoms with van der Waals surface area (Å²) in [6.07, 6.45) is 0. The third-order valence-electron chi connectivity index (χ3n) is 2.48. The predicted octanol–water partition coefficient (Wildman–Crippen LogP) is 2.72. The molecule has 0 heterocycles. The number of halogens is 1. The molecule has 0 saturated carbocycles. The maximum absolute atomic E-state index is 6.05. The van der Waals surface area contributed by atoms with Gasteiger partial charge in [0, 0.05) is 10.6 Å². The Bertz CT molecular complexity index is 325. The Morgan fingerprint density at radius 1 is 1.50 bits per heavy atom. The SMILES string of the molecule is COc1ccc(Cl)c(C)c1C(C)CN. The largest absolute Gasteiger partial charge is 0.496 e. The smallest absolute Gasteiger partial charge is 0.122 e. The van der Waals surface area contributed by atoms with Crippen LogP contribution < -0.4 is 10.5 Å². The molecule has 0 amide bonds. The third kappa shape index (κ3) is 2.02. The van der Waals surface area contributed by atoms with E-state index in [0.29, 0.717) is 6.54 Å². The zero-order chi connectivity index (χ0) is 10.7. The van der Waals surface area contributed by atoms with E-state index in [2.05, 4.69) is 6.92 Å². The second-order valence-electron chi connectivity index (χ2n) is 3.43. The predicted molar refractivity (Wildman–Crippen MR) is 60.2 cm³/mol. The summed E-state index contributed by atoms with van der Waals surface area (Å²) in [6, 6.07) is 3.74. The van der Waals surface area contributed by atoms with Crippen molar-refractivity contribution in [1.29, 1.82) is 0 Å². The van der Waals surface area contributed by atoms with Gasteiger partial charge in [0.05, 0.1) is 7.11 Å². The lowest BCUT2D eigenvalue weighted by atomic mass is 9.95. The summed E-state index contributed by atoms with van der Waals surface area (Å²) in [7, 11) is 1.66. The van der Waals surface area contributed by atoms with Gasteiger partial charge in [-0.15, -0.1) is 0 Å². The molecule has 0 bridgehead atoms. The molecule has 1 atom stereocenters. The maximum Gasteiger partial charge on any atom is 0.122 e. The van der Waals surface area contributed by atoms with Crippen LogP contribution >= 0.6 is 11.6 Å². The lowest BCUT2D eigenvalue weighted by Gasteiger charge is -2.17. The van der Waals surface area contributed by atoms with E-state index in [1.54, 1.807) is 7.11 Å². The van der Waals surface area contributed by atoms with E-state index in [-0.39, 0.29) is 5.92 Å². The van der Waals surface area contributed by atoms with Crippen LogP contribution in [0.5, 0.6) is 5.75 Å². The second kappa shape index (κ2) is 4.67. The van der Waals surface area contributed by atoms with Gasteiger partial charge in [0.15, 0.2) is 0 Å². The molecule has 0 radical (unpaired) electrons. The van der Waals surface area contributed by atoms with Crippen LogP contribution in [0.25, 0.3) is 0 Å². The van der Waals surface area contributed by atoms with Gasteiger partial charge >= 0.3 is 0 Å². The van der Waals surface area contributed by atoms with E-state index < -0.39 is 0 Å². The van der Waals surface area contributed by atoms with Crippen LogP contribution in [0.1, 0.15) is 24.0 Å². The number of ether oxygens (including phenoxy) is 1. The monoisotopic (exact) mass is 213 g/mol. The number of benzene rings is 1. The molecule has 0 aliphatic heterocycles. The van der Waals surface area contributed by atoms with Gasteiger partial charge in [-0.2, -0.15) is 0 Å². The van der Waals surface area contributed by atoms with E-state index in [9.17, 15) is 0 Å². The first-order chi connectivity index (χ1) is 6.61. The molecule has 78 valence electrons. The van der Waals surface area contributed by atoms with Gasteiger partial charge in [-0.1, -0.05) is 18.5 Å². The number of nitrogens with two attached hydrogens (primary N) is 1. The van der Waals surface area contributed by atoms with Crippen molar-refractivity contribution < 1.29 is 4.74 Å². The molecule has 3 heteroatoms. The van der Waals surface area contributed by atoms with Crippen LogP contribution in [0.15, 0.2) is 12.1 Å². The fourth-order valence-corrected chi connectivity index (χ4v) is 1.75. The first kappa shape index (κ1) is 11.3. The van der Waals surface area contributed by atoms with E-state index in [4.69, 9.17) is 22.1 Å². The number of hydrogen-bond acceptors (Lipinski definition) is 2. The van der Waals surface area contributed by atoms with Crippen LogP contribution in [0.2, 0.25) is 5.02 Å². The van der Waals surface area contributed by atoms with Crippen LogP contribution in [0.3, 0.4) is 0 Å². The lowest BCUT2D eigenvalue weighted by molar-refractivity contribution is 0.406. The number of rotatable bonds is 3. The van der Waals surface area contributed by atoms with Crippen LogP contribution in [0, 0.1) is 6.92 Å². The molecule has 1 rings (SSSR count). The molecule has 1 aromatic carbocycles. The van der Waals surface area contributed by atoms with Crippen molar-refractivity contribution in [1.82, 2.24) is 0 Å². The first-order valence-electron chi connectivity index (χ1n) is 4.64. The van der Waals surface area contributed by atoms with E-state index in [0.717, 1.165) is 21.9 Å². The van der Waals surface area contributed by atoms with Crippen LogP contribution in [-0.4, -0.2) is 13.7 Å². The Morgan fingerprint density at radius 3 is 2.64 bits per heavy atom. The zero-order valence-corrected chi connectivity index (χ0v) is 9.56. The zero-order valence-electron chi connectivity index (χ0n) is 8.80. The molecule has 0 aliphatic rings. The minimum Gasteiger partial charge on any atom is -0.496 e. The summed E-state index contributed by atoms with van der Waals surface area (Å²) in [5.74, 6) is 1.13. The van der Waals surface area contributed by atoms with Crippen molar-refractivity contribution in [2.24, 2.45) is 5.73 Å². The Morgan fingerprint density at radius 2 is 2.14 bits per heavy atom. The van der Waals surface area contributed by atoms with Crippen molar-refractivity contribution in [3.8, 4) is 5.75 Å². The van der Waals surface area contributed by atoms with Gasteiger partial charge < -0.3 is 10.5 Å². The maximum atomic E-state index is 6.05. The molecule has 0 saturated heterocycles. The van der Waals surface area contributed by atoms with Crippen molar-refractivity contribution in [3.63, 3.8) is 0 Å². The molecule has 14 heavy (non-hydrogen) atoms. The molecule has 0 aromatic heterocycles. The summed E-state index contributed by atoms with van der Waals surface area (Å²) < 4.78 is 5.29. The van der Waals surface area contributed by atoms with Gasteiger partial charge in [-0.05, 0) is 37.1 Å². The molecule has 0 aliphatic carbocycles. The van der Waals surface area contributed by atoms with Crippen molar-refractivity contribution in [2.45, 2.75) is 19.8 Å². The fourth-order valence-electron chi connectivity index (χ4n) is 1.59.